The minimum absolute atomic E-state index is 0.115. The number of amides is 2. The lowest BCUT2D eigenvalue weighted by atomic mass is 10.1. The van der Waals surface area contributed by atoms with Crippen molar-refractivity contribution < 1.29 is 23.8 Å². The topological polar surface area (TPSA) is 77.1 Å². The molecule has 0 aromatic heterocycles. The minimum atomic E-state index is -0.667. The number of methoxy groups -OCH3 is 3. The van der Waals surface area contributed by atoms with Crippen LogP contribution in [0.15, 0.2) is 42.5 Å². The molecule has 0 fully saturated rings. The second-order valence-corrected chi connectivity index (χ2v) is 7.41. The molecule has 0 radical (unpaired) electrons. The van der Waals surface area contributed by atoms with Gasteiger partial charge in [0.25, 0.3) is 0 Å². The van der Waals surface area contributed by atoms with Gasteiger partial charge in [-0.1, -0.05) is 29.8 Å². The molecule has 0 aliphatic heterocycles. The molecule has 1 N–H and O–H groups in total. The van der Waals surface area contributed by atoms with E-state index in [0.717, 1.165) is 11.1 Å². The summed E-state index contributed by atoms with van der Waals surface area (Å²) in [5, 5.41) is 3.40. The van der Waals surface area contributed by atoms with E-state index in [1.54, 1.807) is 57.4 Å². The molecule has 2 aromatic carbocycles. The van der Waals surface area contributed by atoms with Crippen molar-refractivity contribution in [3.8, 4) is 11.5 Å². The van der Waals surface area contributed by atoms with Gasteiger partial charge in [0.2, 0.25) is 11.8 Å². The Kier molecular flexibility index (Phi) is 9.62. The van der Waals surface area contributed by atoms with E-state index in [1.807, 2.05) is 18.2 Å². The molecule has 2 amide bonds. The van der Waals surface area contributed by atoms with Gasteiger partial charge in [0.15, 0.2) is 11.5 Å². The Morgan fingerprint density at radius 3 is 2.26 bits per heavy atom. The Labute approximate surface area is 188 Å². The summed E-state index contributed by atoms with van der Waals surface area (Å²) >= 11 is 5.98. The van der Waals surface area contributed by atoms with Crippen LogP contribution in [-0.4, -0.2) is 57.2 Å². The van der Waals surface area contributed by atoms with E-state index < -0.39 is 6.04 Å². The highest BCUT2D eigenvalue weighted by atomic mass is 35.5. The molecule has 0 aliphatic carbocycles. The van der Waals surface area contributed by atoms with Gasteiger partial charge in [0, 0.05) is 25.2 Å². The maximum Gasteiger partial charge on any atom is 0.242 e. The van der Waals surface area contributed by atoms with Gasteiger partial charge in [0.1, 0.15) is 6.04 Å². The van der Waals surface area contributed by atoms with E-state index in [-0.39, 0.29) is 24.8 Å². The van der Waals surface area contributed by atoms with Crippen molar-refractivity contribution >= 4 is 23.4 Å². The van der Waals surface area contributed by atoms with E-state index in [4.69, 9.17) is 25.8 Å². The first kappa shape index (κ1) is 24.5. The molecule has 0 saturated carbocycles. The van der Waals surface area contributed by atoms with Crippen molar-refractivity contribution in [2.24, 2.45) is 0 Å². The predicted octanol–water partition coefficient (Wildman–Crippen LogP) is 3.08. The number of hydrogen-bond donors (Lipinski definition) is 1. The number of rotatable bonds is 11. The Hall–Kier alpha value is -2.77. The van der Waals surface area contributed by atoms with Gasteiger partial charge < -0.3 is 24.4 Å². The highest BCUT2D eigenvalue weighted by Crippen LogP contribution is 2.28. The van der Waals surface area contributed by atoms with Crippen molar-refractivity contribution in [2.45, 2.75) is 25.9 Å². The highest BCUT2D eigenvalue weighted by molar-refractivity contribution is 6.30. The van der Waals surface area contributed by atoms with Gasteiger partial charge in [-0.2, -0.15) is 0 Å². The molecule has 0 unspecified atom stereocenters. The zero-order valence-corrected chi connectivity index (χ0v) is 19.1. The van der Waals surface area contributed by atoms with E-state index >= 15 is 0 Å². The van der Waals surface area contributed by atoms with Gasteiger partial charge in [-0.15, -0.1) is 0 Å². The van der Waals surface area contributed by atoms with Crippen LogP contribution in [0.2, 0.25) is 5.02 Å². The summed E-state index contributed by atoms with van der Waals surface area (Å²) in [6.07, 6.45) is 0.115. The fourth-order valence-electron chi connectivity index (χ4n) is 3.06. The number of benzene rings is 2. The quantitative estimate of drug-likeness (QED) is 0.534. The van der Waals surface area contributed by atoms with Crippen LogP contribution in [0.5, 0.6) is 11.5 Å². The third kappa shape index (κ3) is 7.15. The Balaban J connectivity index is 2.22. The Morgan fingerprint density at radius 1 is 1.00 bits per heavy atom. The van der Waals surface area contributed by atoms with Crippen LogP contribution >= 0.6 is 11.6 Å². The summed E-state index contributed by atoms with van der Waals surface area (Å²) in [5.41, 5.74) is 1.64. The zero-order chi connectivity index (χ0) is 22.8. The molecule has 0 aliphatic rings. The second-order valence-electron chi connectivity index (χ2n) is 6.97. The van der Waals surface area contributed by atoms with Crippen LogP contribution in [0.3, 0.4) is 0 Å². The van der Waals surface area contributed by atoms with Crippen molar-refractivity contribution in [1.29, 1.82) is 0 Å². The molecular formula is C23H29ClN2O5. The molecule has 8 heteroatoms. The predicted molar refractivity (Wildman–Crippen MR) is 120 cm³/mol. The first-order valence-electron chi connectivity index (χ1n) is 9.91. The van der Waals surface area contributed by atoms with Gasteiger partial charge in [-0.25, -0.2) is 0 Å². The smallest absolute Gasteiger partial charge is 0.242 e. The summed E-state index contributed by atoms with van der Waals surface area (Å²) in [6, 6.07) is 11.9. The fraction of sp³-hybridized carbons (Fsp3) is 0.391. The lowest BCUT2D eigenvalue weighted by molar-refractivity contribution is -0.140. The third-order valence-electron chi connectivity index (χ3n) is 4.84. The number of nitrogens with one attached hydrogen (secondary N) is 1. The molecule has 31 heavy (non-hydrogen) atoms. The lowest BCUT2D eigenvalue weighted by Gasteiger charge is -2.29. The van der Waals surface area contributed by atoms with Crippen molar-refractivity contribution in [2.75, 3.05) is 34.5 Å². The molecule has 168 valence electrons. The summed E-state index contributed by atoms with van der Waals surface area (Å²) < 4.78 is 15.6. The molecule has 1 atom stereocenters. The first-order valence-corrected chi connectivity index (χ1v) is 10.3. The van der Waals surface area contributed by atoms with E-state index in [0.29, 0.717) is 29.7 Å². The van der Waals surface area contributed by atoms with Crippen molar-refractivity contribution in [3.05, 3.63) is 58.6 Å². The SMILES string of the molecule is COCCNC(=O)[C@@H](C)N(Cc1ccc(Cl)cc1)C(=O)Cc1ccc(OC)c(OC)c1. The molecule has 0 heterocycles. The third-order valence-corrected chi connectivity index (χ3v) is 5.09. The van der Waals surface area contributed by atoms with E-state index in [9.17, 15) is 9.59 Å². The number of hydrogen-bond acceptors (Lipinski definition) is 5. The average molecular weight is 449 g/mol. The second kappa shape index (κ2) is 12.2. The minimum Gasteiger partial charge on any atom is -0.493 e. The standard InChI is InChI=1S/C23H29ClN2O5/c1-16(23(28)25-11-12-29-2)26(15-17-5-8-19(24)9-6-17)22(27)14-18-7-10-20(30-3)21(13-18)31-4/h5-10,13,16H,11-12,14-15H2,1-4H3,(H,25,28)/t16-/m1/s1. The molecular weight excluding hydrogens is 420 g/mol. The largest absolute Gasteiger partial charge is 0.493 e. The fourth-order valence-corrected chi connectivity index (χ4v) is 3.19. The summed E-state index contributed by atoms with van der Waals surface area (Å²) in [5.74, 6) is 0.702. The summed E-state index contributed by atoms with van der Waals surface area (Å²) in [6.45, 7) is 2.76. The van der Waals surface area contributed by atoms with Crippen molar-refractivity contribution in [1.82, 2.24) is 10.2 Å². The summed E-state index contributed by atoms with van der Waals surface area (Å²) in [4.78, 5) is 27.4. The van der Waals surface area contributed by atoms with Gasteiger partial charge in [-0.3, -0.25) is 9.59 Å². The van der Waals surface area contributed by atoms with Crippen LogP contribution in [0.4, 0.5) is 0 Å². The number of ether oxygens (including phenoxy) is 3. The van der Waals surface area contributed by atoms with Crippen molar-refractivity contribution in [3.63, 3.8) is 0 Å². The first-order chi connectivity index (χ1) is 14.9. The summed E-state index contributed by atoms with van der Waals surface area (Å²) in [7, 11) is 4.66. The highest BCUT2D eigenvalue weighted by Gasteiger charge is 2.26. The van der Waals surface area contributed by atoms with Gasteiger partial charge in [0.05, 0.1) is 27.2 Å². The molecule has 2 aromatic rings. The van der Waals surface area contributed by atoms with Crippen LogP contribution in [-0.2, 0) is 27.3 Å². The van der Waals surface area contributed by atoms with Crippen LogP contribution < -0.4 is 14.8 Å². The van der Waals surface area contributed by atoms with E-state index in [1.165, 1.54) is 0 Å². The maximum absolute atomic E-state index is 13.2. The van der Waals surface area contributed by atoms with Crippen LogP contribution in [0.25, 0.3) is 0 Å². The Bertz CT molecular complexity index is 873. The number of carbonyl (C=O) groups is 2. The normalized spacial score (nSPS) is 11.5. The Morgan fingerprint density at radius 2 is 1.65 bits per heavy atom. The number of carbonyl (C=O) groups excluding carboxylic acids is 2. The molecule has 0 bridgehead atoms. The van der Waals surface area contributed by atoms with Crippen LogP contribution in [0, 0.1) is 0 Å². The zero-order valence-electron chi connectivity index (χ0n) is 18.3. The average Bonchev–Trinajstić information content (AvgIpc) is 2.78. The molecule has 2 rings (SSSR count). The van der Waals surface area contributed by atoms with E-state index in [2.05, 4.69) is 5.32 Å². The maximum atomic E-state index is 13.2. The molecule has 7 nitrogen and oxygen atoms in total. The van der Waals surface area contributed by atoms with Gasteiger partial charge >= 0.3 is 0 Å². The number of halogens is 1. The van der Waals surface area contributed by atoms with Gasteiger partial charge in [-0.05, 0) is 42.3 Å². The monoisotopic (exact) mass is 448 g/mol. The lowest BCUT2D eigenvalue weighted by Crippen LogP contribution is -2.48. The van der Waals surface area contributed by atoms with Crippen LogP contribution in [0.1, 0.15) is 18.1 Å². The molecule has 0 saturated heterocycles. The number of nitrogens with zero attached hydrogens (tertiary/aromatic N) is 1. The molecule has 0 spiro atoms.